The first-order valence-electron chi connectivity index (χ1n) is 13.7. The Labute approximate surface area is 283 Å². The van der Waals surface area contributed by atoms with Crippen LogP contribution < -0.4 is 15.9 Å². The van der Waals surface area contributed by atoms with Crippen LogP contribution in [0.1, 0.15) is 40.1 Å². The number of rotatable bonds is 5. The normalized spacial score (nSPS) is 11.8. The number of benzene rings is 1. The van der Waals surface area contributed by atoms with Crippen LogP contribution in [-0.2, 0) is 9.59 Å². The number of hydrogen-bond acceptors (Lipinski definition) is 9. The fourth-order valence-corrected chi connectivity index (χ4v) is 4.51. The molecule has 0 radical (unpaired) electrons. The number of nitrogens with two attached hydrogens (primary N) is 1. The number of aliphatic carboxylic acids is 2. The van der Waals surface area contributed by atoms with E-state index < -0.39 is 24.3 Å². The smallest absolute Gasteiger partial charge is 0.490 e. The van der Waals surface area contributed by atoms with E-state index in [-0.39, 0.29) is 28.6 Å². The van der Waals surface area contributed by atoms with Crippen LogP contribution in [0, 0.1) is 13.8 Å². The van der Waals surface area contributed by atoms with Crippen molar-refractivity contribution in [3.05, 3.63) is 74.6 Å². The van der Waals surface area contributed by atoms with Crippen LogP contribution in [0.25, 0.3) is 22.2 Å². The van der Waals surface area contributed by atoms with Gasteiger partial charge in [0.1, 0.15) is 34.6 Å². The van der Waals surface area contributed by atoms with E-state index in [1.807, 2.05) is 30.5 Å². The fourth-order valence-electron chi connectivity index (χ4n) is 4.29. The van der Waals surface area contributed by atoms with Gasteiger partial charge in [-0.05, 0) is 38.5 Å². The molecule has 1 atom stereocenters. The third kappa shape index (κ3) is 9.36. The van der Waals surface area contributed by atoms with Gasteiger partial charge in [0.15, 0.2) is 5.43 Å². The summed E-state index contributed by atoms with van der Waals surface area (Å²) in [7, 11) is 4.95. The molecule has 0 fully saturated rings. The molecule has 4 N–H and O–H groups in total. The molecule has 50 heavy (non-hydrogen) atoms. The number of amides is 1. The van der Waals surface area contributed by atoms with Crippen molar-refractivity contribution >= 4 is 46.3 Å². The molecule has 1 amide bonds. The molecule has 0 saturated carbocycles. The topological polar surface area (TPSA) is 191 Å². The summed E-state index contributed by atoms with van der Waals surface area (Å²) in [6, 6.07) is 5.02. The Hall–Kier alpha value is -5.46. The van der Waals surface area contributed by atoms with E-state index >= 15 is 0 Å². The van der Waals surface area contributed by atoms with Crippen molar-refractivity contribution in [2.45, 2.75) is 39.2 Å². The van der Waals surface area contributed by atoms with Gasteiger partial charge in [0.05, 0.1) is 13.2 Å². The van der Waals surface area contributed by atoms with Gasteiger partial charge in [-0.2, -0.15) is 26.3 Å². The molecule has 13 nitrogen and oxygen atoms in total. The summed E-state index contributed by atoms with van der Waals surface area (Å²) in [6.07, 6.45) is -5.44. The third-order valence-electron chi connectivity index (χ3n) is 6.76. The minimum absolute atomic E-state index is 0.127. The monoisotopic (exact) mass is 734 g/mol. The summed E-state index contributed by atoms with van der Waals surface area (Å²) >= 11 is 6.71. The number of carboxylic acid groups (broad SMARTS) is 2. The number of methoxy groups -OCH3 is 1. The molecule has 1 aromatic carbocycles. The number of carboxylic acids is 2. The maximum atomic E-state index is 12.8. The number of pyridine rings is 2. The van der Waals surface area contributed by atoms with Gasteiger partial charge < -0.3 is 30.2 Å². The van der Waals surface area contributed by atoms with E-state index in [4.69, 9.17) is 41.9 Å². The predicted molar refractivity (Wildman–Crippen MR) is 168 cm³/mol. The Morgan fingerprint density at radius 3 is 1.98 bits per heavy atom. The number of anilines is 1. The first-order chi connectivity index (χ1) is 22.9. The summed E-state index contributed by atoms with van der Waals surface area (Å²) in [5.41, 5.74) is 10.2. The zero-order chi connectivity index (χ0) is 38.5. The molecule has 0 spiro atoms. The maximum Gasteiger partial charge on any atom is 0.490 e. The first kappa shape index (κ1) is 40.7. The molecule has 0 bridgehead atoms. The molecular formula is C30H29ClF6N6O7. The number of aromatic nitrogens is 4. The van der Waals surface area contributed by atoms with Gasteiger partial charge in [0, 0.05) is 53.8 Å². The van der Waals surface area contributed by atoms with Crippen LogP contribution in [-0.4, -0.2) is 86.0 Å². The van der Waals surface area contributed by atoms with Gasteiger partial charge in [0.2, 0.25) is 0 Å². The largest absolute Gasteiger partial charge is 0.496 e. The van der Waals surface area contributed by atoms with E-state index in [9.17, 15) is 35.9 Å². The zero-order valence-corrected chi connectivity index (χ0v) is 27.7. The molecule has 20 heteroatoms. The van der Waals surface area contributed by atoms with Crippen molar-refractivity contribution < 1.29 is 55.7 Å². The van der Waals surface area contributed by atoms with Crippen molar-refractivity contribution in [2.75, 3.05) is 26.9 Å². The summed E-state index contributed by atoms with van der Waals surface area (Å²) in [6.45, 7) is 5.59. The van der Waals surface area contributed by atoms with Gasteiger partial charge in [-0.25, -0.2) is 19.6 Å². The zero-order valence-electron chi connectivity index (χ0n) is 26.9. The SMILES string of the molecule is COc1c(C(C)n2cc(C)c(=O)c3c(N)ncnc32)cc(Cl)c(C)c1-c1ccc(C(=O)N(C)C)nc1.O=C(O)C(F)(F)F.O=C(O)C(F)(F)F. The molecule has 0 aliphatic heterocycles. The van der Waals surface area contributed by atoms with Crippen molar-refractivity contribution in [3.8, 4) is 16.9 Å². The lowest BCUT2D eigenvalue weighted by Gasteiger charge is -2.24. The number of alkyl halides is 6. The standard InChI is InChI=1S/C26H27ClN6O3.2C2HF3O2/c1-13-11-33(25-21(22(13)34)24(28)30-12-31-25)15(3)17-9-18(27)14(2)20(23(17)36-6)16-7-8-19(29-10-16)26(35)32(4)5;2*3-2(4,5)1(6)7/h7-12,15H,1-6H3,(H2,28,30,31);2*(H,6,7). The van der Waals surface area contributed by atoms with Gasteiger partial charge in [0.25, 0.3) is 5.91 Å². The van der Waals surface area contributed by atoms with Gasteiger partial charge in [-0.3, -0.25) is 14.6 Å². The summed E-state index contributed by atoms with van der Waals surface area (Å²) < 4.78 is 71.3. The second-order valence-corrected chi connectivity index (χ2v) is 10.8. The average molecular weight is 735 g/mol. The lowest BCUT2D eigenvalue weighted by atomic mass is 9.94. The van der Waals surface area contributed by atoms with E-state index in [1.165, 1.54) is 11.2 Å². The number of aryl methyl sites for hydroxylation is 1. The molecule has 270 valence electrons. The van der Waals surface area contributed by atoms with Crippen molar-refractivity contribution in [1.82, 2.24) is 24.4 Å². The van der Waals surface area contributed by atoms with Crippen molar-refractivity contribution in [1.29, 1.82) is 0 Å². The van der Waals surface area contributed by atoms with Crippen LogP contribution in [0.2, 0.25) is 5.02 Å². The Morgan fingerprint density at radius 2 is 1.54 bits per heavy atom. The van der Waals surface area contributed by atoms with E-state index in [2.05, 4.69) is 15.0 Å². The second kappa shape index (κ2) is 15.8. The Morgan fingerprint density at radius 1 is 1.00 bits per heavy atom. The van der Waals surface area contributed by atoms with Crippen LogP contribution in [0.3, 0.4) is 0 Å². The van der Waals surface area contributed by atoms with Gasteiger partial charge in [-0.1, -0.05) is 17.7 Å². The van der Waals surface area contributed by atoms with E-state index in [0.717, 1.165) is 22.3 Å². The minimum Gasteiger partial charge on any atom is -0.496 e. The molecule has 0 aliphatic carbocycles. The van der Waals surface area contributed by atoms with Crippen LogP contribution in [0.4, 0.5) is 32.2 Å². The van der Waals surface area contributed by atoms with Crippen molar-refractivity contribution in [3.63, 3.8) is 0 Å². The molecule has 0 saturated heterocycles. The number of hydrogen-bond donors (Lipinski definition) is 3. The molecule has 4 aromatic rings. The maximum absolute atomic E-state index is 12.8. The van der Waals surface area contributed by atoms with Gasteiger partial charge in [-0.15, -0.1) is 0 Å². The number of nitrogen functional groups attached to an aromatic ring is 1. The highest BCUT2D eigenvalue weighted by atomic mass is 35.5. The molecule has 1 unspecified atom stereocenters. The Bertz CT molecular complexity index is 1940. The lowest BCUT2D eigenvalue weighted by molar-refractivity contribution is -0.193. The van der Waals surface area contributed by atoms with E-state index in [0.29, 0.717) is 27.7 Å². The predicted octanol–water partition coefficient (Wildman–Crippen LogP) is 5.29. The molecule has 0 aliphatic rings. The molecular weight excluding hydrogens is 706 g/mol. The molecule has 3 heterocycles. The number of fused-ring (bicyclic) bond motifs is 1. The number of carbonyl (C=O) groups excluding carboxylic acids is 1. The highest BCUT2D eigenvalue weighted by molar-refractivity contribution is 6.32. The fraction of sp³-hybridized carbons (Fsp3) is 0.300. The second-order valence-electron chi connectivity index (χ2n) is 10.4. The average Bonchev–Trinajstić information content (AvgIpc) is 3.02. The van der Waals surface area contributed by atoms with Crippen LogP contribution >= 0.6 is 11.6 Å². The van der Waals surface area contributed by atoms with Crippen LogP contribution in [0.5, 0.6) is 5.75 Å². The lowest BCUT2D eigenvalue weighted by Crippen LogP contribution is -2.22. The number of ether oxygens (including phenoxy) is 1. The van der Waals surface area contributed by atoms with Crippen LogP contribution in [0.15, 0.2) is 41.7 Å². The summed E-state index contributed by atoms with van der Waals surface area (Å²) in [4.78, 5) is 57.1. The quantitative estimate of drug-likeness (QED) is 0.226. The Balaban J connectivity index is 0.000000521. The Kier molecular flexibility index (Phi) is 12.9. The minimum atomic E-state index is -5.08. The third-order valence-corrected chi connectivity index (χ3v) is 7.15. The number of nitrogens with zero attached hydrogens (tertiary/aromatic N) is 5. The highest BCUT2D eigenvalue weighted by Crippen LogP contribution is 2.43. The number of carbonyl (C=O) groups is 3. The summed E-state index contributed by atoms with van der Waals surface area (Å²) in [5, 5.41) is 15.1. The number of halogens is 7. The molecule has 3 aromatic heterocycles. The molecule has 4 rings (SSSR count). The summed E-state index contributed by atoms with van der Waals surface area (Å²) in [5.74, 6) is -4.97. The highest BCUT2D eigenvalue weighted by Gasteiger charge is 2.39. The van der Waals surface area contributed by atoms with E-state index in [1.54, 1.807) is 46.6 Å². The van der Waals surface area contributed by atoms with Crippen molar-refractivity contribution in [2.24, 2.45) is 0 Å². The van der Waals surface area contributed by atoms with Gasteiger partial charge >= 0.3 is 24.3 Å². The first-order valence-corrected chi connectivity index (χ1v) is 14.1.